The lowest BCUT2D eigenvalue weighted by Gasteiger charge is -2.36. The van der Waals surface area contributed by atoms with Crippen LogP contribution in [0.15, 0.2) is 29.1 Å². The normalized spacial score (nSPS) is 24.6. The van der Waals surface area contributed by atoms with E-state index in [-0.39, 0.29) is 24.2 Å². The summed E-state index contributed by atoms with van der Waals surface area (Å²) in [4.78, 5) is 29.6. The number of hydrogen-bond acceptors (Lipinski definition) is 3. The SMILES string of the molecule is O=C(Cn1c(=O)[nH]c2ccccc21)N1C[C@H]2CC[C@@H]1CNC2. The Balaban J connectivity index is 1.61. The Morgan fingerprint density at radius 3 is 3.00 bits per heavy atom. The van der Waals surface area contributed by atoms with Crippen molar-refractivity contribution < 1.29 is 4.79 Å². The molecule has 3 aliphatic heterocycles. The summed E-state index contributed by atoms with van der Waals surface area (Å²) >= 11 is 0. The quantitative estimate of drug-likeness (QED) is 0.850. The molecule has 2 N–H and O–H groups in total. The summed E-state index contributed by atoms with van der Waals surface area (Å²) in [5.41, 5.74) is 1.35. The highest BCUT2D eigenvalue weighted by molar-refractivity contribution is 5.80. The Morgan fingerprint density at radius 1 is 1.23 bits per heavy atom. The summed E-state index contributed by atoms with van der Waals surface area (Å²) in [6.07, 6.45) is 2.25. The summed E-state index contributed by atoms with van der Waals surface area (Å²) in [6, 6.07) is 7.76. The van der Waals surface area contributed by atoms with Gasteiger partial charge in [0, 0.05) is 19.1 Å². The van der Waals surface area contributed by atoms with E-state index in [1.165, 1.54) is 6.42 Å². The van der Waals surface area contributed by atoms with Crippen molar-refractivity contribution >= 4 is 16.9 Å². The summed E-state index contributed by atoms with van der Waals surface area (Å²) < 4.78 is 1.55. The molecule has 1 aromatic heterocycles. The lowest BCUT2D eigenvalue weighted by molar-refractivity contribution is -0.135. The number of H-pyrrole nitrogens is 1. The molecule has 1 amide bonds. The molecule has 2 aromatic rings. The van der Waals surface area contributed by atoms with E-state index in [1.54, 1.807) is 4.57 Å². The molecular formula is C16H20N4O2. The molecule has 3 aliphatic rings. The van der Waals surface area contributed by atoms with Crippen molar-refractivity contribution in [3.05, 3.63) is 34.7 Å². The van der Waals surface area contributed by atoms with Crippen LogP contribution >= 0.6 is 0 Å². The van der Waals surface area contributed by atoms with Gasteiger partial charge in [-0.1, -0.05) is 12.1 Å². The van der Waals surface area contributed by atoms with E-state index in [1.807, 2.05) is 29.2 Å². The van der Waals surface area contributed by atoms with Gasteiger partial charge in [-0.15, -0.1) is 0 Å². The number of fused-ring (bicyclic) bond motifs is 5. The maximum atomic E-state index is 12.7. The first-order valence-corrected chi connectivity index (χ1v) is 7.90. The number of nitrogens with zero attached hydrogens (tertiary/aromatic N) is 2. The molecule has 4 heterocycles. The number of piperidine rings is 1. The number of carbonyl (C=O) groups excluding carboxylic acids is 1. The highest BCUT2D eigenvalue weighted by Gasteiger charge is 2.34. The van der Waals surface area contributed by atoms with Gasteiger partial charge < -0.3 is 15.2 Å². The van der Waals surface area contributed by atoms with Gasteiger partial charge in [0.1, 0.15) is 6.54 Å². The molecular weight excluding hydrogens is 280 g/mol. The Morgan fingerprint density at radius 2 is 2.09 bits per heavy atom. The minimum atomic E-state index is -0.215. The van der Waals surface area contributed by atoms with Crippen LogP contribution in [0.25, 0.3) is 11.0 Å². The van der Waals surface area contributed by atoms with Gasteiger partial charge in [0.25, 0.3) is 0 Å². The van der Waals surface area contributed by atoms with Crippen molar-refractivity contribution in [2.24, 2.45) is 5.92 Å². The van der Waals surface area contributed by atoms with Crippen LogP contribution in [-0.4, -0.2) is 46.0 Å². The van der Waals surface area contributed by atoms with Crippen LogP contribution in [0.5, 0.6) is 0 Å². The molecule has 2 bridgehead atoms. The number of imidazole rings is 1. The van der Waals surface area contributed by atoms with Crippen LogP contribution in [0, 0.1) is 5.92 Å². The topological polar surface area (TPSA) is 70.1 Å². The number of hydrogen-bond donors (Lipinski definition) is 2. The molecule has 22 heavy (non-hydrogen) atoms. The van der Waals surface area contributed by atoms with Gasteiger partial charge in [0.2, 0.25) is 5.91 Å². The van der Waals surface area contributed by atoms with Crippen molar-refractivity contribution in [3.63, 3.8) is 0 Å². The zero-order valence-electron chi connectivity index (χ0n) is 12.4. The van der Waals surface area contributed by atoms with E-state index in [9.17, 15) is 9.59 Å². The summed E-state index contributed by atoms with van der Waals surface area (Å²) in [7, 11) is 0. The standard InChI is InChI=1S/C16H20N4O2/c21-15(19-9-11-5-6-12(19)8-17-7-11)10-20-14-4-2-1-3-13(14)18-16(20)22/h1-4,11-12,17H,5-10H2,(H,18,22)/t11-,12+/m0/s1. The van der Waals surface area contributed by atoms with E-state index in [2.05, 4.69) is 10.3 Å². The molecule has 5 rings (SSSR count). The molecule has 6 heteroatoms. The van der Waals surface area contributed by atoms with Crippen LogP contribution in [0.1, 0.15) is 12.8 Å². The Labute approximate surface area is 128 Å². The second-order valence-corrected chi connectivity index (χ2v) is 6.33. The zero-order chi connectivity index (χ0) is 15.1. The van der Waals surface area contributed by atoms with Gasteiger partial charge in [0.05, 0.1) is 11.0 Å². The average Bonchev–Trinajstić information content (AvgIpc) is 2.73. The van der Waals surface area contributed by atoms with Gasteiger partial charge >= 0.3 is 5.69 Å². The molecule has 3 fully saturated rings. The second kappa shape index (κ2) is 5.28. The predicted molar refractivity (Wildman–Crippen MR) is 83.7 cm³/mol. The third kappa shape index (κ3) is 2.23. The molecule has 0 saturated carbocycles. The smallest absolute Gasteiger partial charge is 0.326 e. The number of rotatable bonds is 2. The molecule has 0 spiro atoms. The van der Waals surface area contributed by atoms with Gasteiger partial charge in [-0.25, -0.2) is 4.79 Å². The molecule has 2 atom stereocenters. The van der Waals surface area contributed by atoms with Gasteiger partial charge in [-0.2, -0.15) is 0 Å². The fourth-order valence-electron chi connectivity index (χ4n) is 3.73. The van der Waals surface area contributed by atoms with Gasteiger partial charge in [-0.05, 0) is 37.4 Å². The van der Waals surface area contributed by atoms with Crippen molar-refractivity contribution in [1.82, 2.24) is 19.8 Å². The van der Waals surface area contributed by atoms with Crippen molar-refractivity contribution in [2.75, 3.05) is 19.6 Å². The number of aromatic amines is 1. The Bertz CT molecular complexity index is 759. The van der Waals surface area contributed by atoms with Crippen molar-refractivity contribution in [2.45, 2.75) is 25.4 Å². The Hall–Kier alpha value is -2.08. The third-order valence-electron chi connectivity index (χ3n) is 4.91. The third-order valence-corrected chi connectivity index (χ3v) is 4.91. The second-order valence-electron chi connectivity index (χ2n) is 6.33. The van der Waals surface area contributed by atoms with E-state index < -0.39 is 0 Å². The number of carbonyl (C=O) groups is 1. The molecule has 0 unspecified atom stereocenters. The van der Waals surface area contributed by atoms with Crippen molar-refractivity contribution in [1.29, 1.82) is 0 Å². The molecule has 0 radical (unpaired) electrons. The van der Waals surface area contributed by atoms with Crippen LogP contribution in [0.3, 0.4) is 0 Å². The van der Waals surface area contributed by atoms with Crippen LogP contribution in [-0.2, 0) is 11.3 Å². The molecule has 1 aromatic carbocycles. The maximum absolute atomic E-state index is 12.7. The lowest BCUT2D eigenvalue weighted by Crippen LogP contribution is -2.48. The number of nitrogens with one attached hydrogen (secondary N) is 2. The van der Waals surface area contributed by atoms with E-state index in [4.69, 9.17) is 0 Å². The molecule has 0 aliphatic carbocycles. The maximum Gasteiger partial charge on any atom is 0.326 e. The number of para-hydroxylation sites is 2. The summed E-state index contributed by atoms with van der Waals surface area (Å²) in [5, 5.41) is 3.43. The lowest BCUT2D eigenvalue weighted by atomic mass is 9.95. The first-order chi connectivity index (χ1) is 10.7. The van der Waals surface area contributed by atoms with E-state index >= 15 is 0 Å². The largest absolute Gasteiger partial charge is 0.337 e. The summed E-state index contributed by atoms with van der Waals surface area (Å²) in [6.45, 7) is 2.79. The minimum absolute atomic E-state index is 0.0465. The highest BCUT2D eigenvalue weighted by atomic mass is 16.2. The highest BCUT2D eigenvalue weighted by Crippen LogP contribution is 2.24. The monoisotopic (exact) mass is 300 g/mol. The van der Waals surface area contributed by atoms with Crippen LogP contribution in [0.2, 0.25) is 0 Å². The van der Waals surface area contributed by atoms with Crippen LogP contribution < -0.4 is 11.0 Å². The first kappa shape index (κ1) is 13.6. The summed E-state index contributed by atoms with van der Waals surface area (Å²) in [5.74, 6) is 0.590. The minimum Gasteiger partial charge on any atom is -0.337 e. The number of amides is 1. The van der Waals surface area contributed by atoms with Crippen LogP contribution in [0.4, 0.5) is 0 Å². The molecule has 116 valence electrons. The van der Waals surface area contributed by atoms with Gasteiger partial charge in [0.15, 0.2) is 0 Å². The van der Waals surface area contributed by atoms with E-state index in [0.29, 0.717) is 5.92 Å². The molecule has 3 saturated heterocycles. The average molecular weight is 300 g/mol. The Kier molecular flexibility index (Phi) is 3.26. The first-order valence-electron chi connectivity index (χ1n) is 7.90. The fraction of sp³-hybridized carbons (Fsp3) is 0.500. The zero-order valence-corrected chi connectivity index (χ0v) is 12.4. The van der Waals surface area contributed by atoms with Gasteiger partial charge in [-0.3, -0.25) is 9.36 Å². The predicted octanol–water partition coefficient (Wildman–Crippen LogP) is 0.540. The fourth-order valence-corrected chi connectivity index (χ4v) is 3.73. The number of benzene rings is 1. The number of aromatic nitrogens is 2. The molecule has 6 nitrogen and oxygen atoms in total. The van der Waals surface area contributed by atoms with Crippen molar-refractivity contribution in [3.8, 4) is 0 Å². The van der Waals surface area contributed by atoms with E-state index in [0.717, 1.165) is 37.1 Å².